The fourth-order valence-electron chi connectivity index (χ4n) is 5.25. The molecule has 1 aliphatic rings. The molecule has 0 radical (unpaired) electrons. The number of carbonyl (C=O) groups is 5. The zero-order valence-corrected chi connectivity index (χ0v) is 27.8. The Morgan fingerprint density at radius 2 is 1.40 bits per heavy atom. The molecule has 42 heavy (non-hydrogen) atoms. The van der Waals surface area contributed by atoms with Gasteiger partial charge in [0.05, 0.1) is 6.29 Å². The number of nitrogens with zero attached hydrogens (tertiary/aromatic N) is 1. The van der Waals surface area contributed by atoms with Gasteiger partial charge in [0.2, 0.25) is 36.9 Å². The Hall–Kier alpha value is -2.46. The van der Waals surface area contributed by atoms with Gasteiger partial charge in [-0.25, -0.2) is 0 Å². The van der Waals surface area contributed by atoms with Crippen LogP contribution in [0.1, 0.15) is 80.6 Å². The maximum absolute atomic E-state index is 13.8. The number of likely N-dealkylation sites (N-methyl/N-ethyl adjacent to an activating group) is 1. The minimum Gasteiger partial charge on any atom is -0.357 e. The molecule has 0 aromatic heterocycles. The molecule has 1 saturated heterocycles. The highest BCUT2D eigenvalue weighted by Crippen LogP contribution is 2.47. The highest BCUT2D eigenvalue weighted by molar-refractivity contribution is 7.59. The van der Waals surface area contributed by atoms with Gasteiger partial charge in [0, 0.05) is 39.7 Å². The van der Waals surface area contributed by atoms with Gasteiger partial charge in [-0.05, 0) is 49.9 Å². The predicted molar refractivity (Wildman–Crippen MR) is 163 cm³/mol. The van der Waals surface area contributed by atoms with Crippen LogP contribution in [0.25, 0.3) is 0 Å². The number of amides is 5. The van der Waals surface area contributed by atoms with Crippen LogP contribution in [0.5, 0.6) is 0 Å². The number of hydrogen-bond donors (Lipinski definition) is 4. The van der Waals surface area contributed by atoms with Crippen molar-refractivity contribution in [2.45, 2.75) is 98.7 Å². The molecule has 0 aliphatic carbocycles. The summed E-state index contributed by atoms with van der Waals surface area (Å²) in [6.45, 7) is 13.6. The van der Waals surface area contributed by atoms with Crippen molar-refractivity contribution < 1.29 is 33.1 Å². The van der Waals surface area contributed by atoms with Crippen molar-refractivity contribution in [2.24, 2.45) is 23.7 Å². The van der Waals surface area contributed by atoms with E-state index in [9.17, 15) is 28.5 Å². The van der Waals surface area contributed by atoms with E-state index in [1.165, 1.54) is 26.0 Å². The molecule has 4 N–H and O–H groups in total. The van der Waals surface area contributed by atoms with Crippen molar-refractivity contribution >= 4 is 36.9 Å². The van der Waals surface area contributed by atoms with Crippen LogP contribution in [0.2, 0.25) is 0 Å². The molecule has 0 saturated carbocycles. The summed E-state index contributed by atoms with van der Waals surface area (Å²) in [7, 11) is -0.736. The van der Waals surface area contributed by atoms with Gasteiger partial charge in [0.25, 0.3) is 0 Å². The summed E-state index contributed by atoms with van der Waals surface area (Å²) in [4.78, 5) is 65.5. The summed E-state index contributed by atoms with van der Waals surface area (Å²) in [5.41, 5.74) is 0. The lowest BCUT2D eigenvalue weighted by Crippen LogP contribution is -2.53. The van der Waals surface area contributed by atoms with Crippen LogP contribution in [0.15, 0.2) is 0 Å². The maximum Gasteiger partial charge on any atom is 0.243 e. The molecular weight excluding hydrogens is 561 g/mol. The third kappa shape index (κ3) is 12.4. The van der Waals surface area contributed by atoms with E-state index in [-0.39, 0.29) is 47.9 Å². The third-order valence-corrected chi connectivity index (χ3v) is 9.64. The summed E-state index contributed by atoms with van der Waals surface area (Å²) >= 11 is 0. The molecule has 1 aliphatic heterocycles. The van der Waals surface area contributed by atoms with Crippen LogP contribution in [0.3, 0.4) is 0 Å². The van der Waals surface area contributed by atoms with E-state index < -0.39 is 43.2 Å². The number of hydrogen-bond acceptors (Lipinski definition) is 7. The molecule has 12 nitrogen and oxygen atoms in total. The van der Waals surface area contributed by atoms with Crippen molar-refractivity contribution in [1.82, 2.24) is 26.2 Å². The first kappa shape index (κ1) is 37.6. The quantitative estimate of drug-likeness (QED) is 0.183. The SMILES string of the molecule is CNC(=O)[C@H](CC(C)C)NC(=O)[C@H](CC(C)C)CP(=O)(CNC(=O)[C@H](CC(C)C)NC(=O)[C@H]1CCCN1C(C)=O)OC. The first-order valence-electron chi connectivity index (χ1n) is 15.0. The smallest absolute Gasteiger partial charge is 0.243 e. The third-order valence-electron chi connectivity index (χ3n) is 7.34. The van der Waals surface area contributed by atoms with E-state index in [1.54, 1.807) is 0 Å². The van der Waals surface area contributed by atoms with E-state index in [0.29, 0.717) is 38.6 Å². The second kappa shape index (κ2) is 17.6. The fraction of sp³-hybridized carbons (Fsp3) is 0.828. The topological polar surface area (TPSA) is 163 Å². The second-order valence-corrected chi connectivity index (χ2v) is 15.2. The second-order valence-electron chi connectivity index (χ2n) is 12.6. The summed E-state index contributed by atoms with van der Waals surface area (Å²) in [5, 5.41) is 10.9. The molecule has 0 bridgehead atoms. The minimum absolute atomic E-state index is 0.0704. The van der Waals surface area contributed by atoms with Crippen LogP contribution < -0.4 is 21.3 Å². The first-order valence-corrected chi connectivity index (χ1v) is 17.0. The van der Waals surface area contributed by atoms with Gasteiger partial charge in [-0.1, -0.05) is 41.5 Å². The fourth-order valence-corrected chi connectivity index (χ4v) is 7.04. The predicted octanol–water partition coefficient (Wildman–Crippen LogP) is 2.47. The molecule has 1 fully saturated rings. The van der Waals surface area contributed by atoms with Gasteiger partial charge >= 0.3 is 0 Å². The van der Waals surface area contributed by atoms with Gasteiger partial charge in [-0.3, -0.25) is 28.5 Å². The zero-order chi connectivity index (χ0) is 32.2. The molecule has 0 aromatic carbocycles. The van der Waals surface area contributed by atoms with Crippen LogP contribution in [0.4, 0.5) is 0 Å². The Bertz CT molecular complexity index is 987. The minimum atomic E-state index is -3.53. The van der Waals surface area contributed by atoms with Crippen molar-refractivity contribution in [3.63, 3.8) is 0 Å². The van der Waals surface area contributed by atoms with E-state index in [1.807, 2.05) is 41.5 Å². The van der Waals surface area contributed by atoms with Crippen LogP contribution in [0, 0.1) is 23.7 Å². The standard InChI is InChI=1S/C29H54N5O7P/c1-18(2)13-22(26(36)32-23(14-19(3)4)27(37)30-8)16-42(40,41-9)17-31-28(38)24(15-20(5)6)33-29(39)25-11-10-12-34(25)21(7)35/h18-20,22-25H,10-17H2,1-9H3,(H,30,37)(H,31,38)(H,32,36)(H,33,39)/t22-,23+,24+,25-,42?/m1/s1. The van der Waals surface area contributed by atoms with Crippen molar-refractivity contribution in [3.05, 3.63) is 0 Å². The number of carbonyl (C=O) groups excluding carboxylic acids is 5. The molecule has 1 heterocycles. The lowest BCUT2D eigenvalue weighted by atomic mass is 9.96. The van der Waals surface area contributed by atoms with E-state index >= 15 is 0 Å². The lowest BCUT2D eigenvalue weighted by Gasteiger charge is -2.28. The Labute approximate surface area is 251 Å². The maximum atomic E-state index is 13.8. The van der Waals surface area contributed by atoms with E-state index in [2.05, 4.69) is 21.3 Å². The van der Waals surface area contributed by atoms with E-state index in [0.717, 1.165) is 0 Å². The molecule has 0 aromatic rings. The number of rotatable bonds is 17. The Balaban J connectivity index is 3.02. The molecule has 5 amide bonds. The summed E-state index contributed by atoms with van der Waals surface area (Å²) in [5.74, 6) is -2.16. The average Bonchev–Trinajstić information content (AvgIpc) is 3.40. The first-order chi connectivity index (χ1) is 19.5. The summed E-state index contributed by atoms with van der Waals surface area (Å²) < 4.78 is 19.2. The number of nitrogens with one attached hydrogen (secondary N) is 4. The van der Waals surface area contributed by atoms with Gasteiger partial charge in [-0.15, -0.1) is 0 Å². The molecule has 0 spiro atoms. The largest absolute Gasteiger partial charge is 0.357 e. The lowest BCUT2D eigenvalue weighted by molar-refractivity contribution is -0.138. The number of likely N-dealkylation sites (tertiary alicyclic amines) is 1. The van der Waals surface area contributed by atoms with Crippen LogP contribution in [-0.4, -0.2) is 85.7 Å². The van der Waals surface area contributed by atoms with Crippen LogP contribution in [-0.2, 0) is 33.1 Å². The Morgan fingerprint density at radius 3 is 1.88 bits per heavy atom. The molecule has 5 atom stereocenters. The summed E-state index contributed by atoms with van der Waals surface area (Å²) in [6.07, 6.45) is 2.01. The van der Waals surface area contributed by atoms with Gasteiger partial charge in [0.15, 0.2) is 0 Å². The summed E-state index contributed by atoms with van der Waals surface area (Å²) in [6, 6.07) is -2.24. The highest BCUT2D eigenvalue weighted by atomic mass is 31.2. The molecule has 1 rings (SSSR count). The van der Waals surface area contributed by atoms with Gasteiger partial charge in [-0.2, -0.15) is 0 Å². The van der Waals surface area contributed by atoms with Crippen molar-refractivity contribution in [1.29, 1.82) is 0 Å². The highest BCUT2D eigenvalue weighted by Gasteiger charge is 2.37. The van der Waals surface area contributed by atoms with Crippen LogP contribution >= 0.6 is 7.37 Å². The zero-order valence-electron chi connectivity index (χ0n) is 27.0. The molecular formula is C29H54N5O7P. The van der Waals surface area contributed by atoms with Crippen molar-refractivity contribution in [3.8, 4) is 0 Å². The molecule has 1 unspecified atom stereocenters. The van der Waals surface area contributed by atoms with Gasteiger partial charge in [0.1, 0.15) is 18.1 Å². The molecule has 13 heteroatoms. The van der Waals surface area contributed by atoms with E-state index in [4.69, 9.17) is 4.52 Å². The normalized spacial score (nSPS) is 18.8. The van der Waals surface area contributed by atoms with Gasteiger partial charge < -0.3 is 30.7 Å². The Morgan fingerprint density at radius 1 is 0.857 bits per heavy atom. The monoisotopic (exact) mass is 615 g/mol. The average molecular weight is 616 g/mol. The molecule has 242 valence electrons. The van der Waals surface area contributed by atoms with Crippen molar-refractivity contribution in [2.75, 3.05) is 33.1 Å². The Kier molecular flexibility index (Phi) is 15.7.